The topological polar surface area (TPSA) is 98.1 Å². The molecule has 0 saturated heterocycles. The number of nitrogens with two attached hydrogens (primary N) is 1. The second kappa shape index (κ2) is 9.91. The lowest BCUT2D eigenvalue weighted by Gasteiger charge is -2.18. The Morgan fingerprint density at radius 3 is 2.86 bits per heavy atom. The molecule has 0 aliphatic rings. The van der Waals surface area contributed by atoms with E-state index in [1.807, 2.05) is 18.2 Å². The van der Waals surface area contributed by atoms with Crippen molar-refractivity contribution in [1.29, 1.82) is 0 Å². The zero-order chi connectivity index (χ0) is 20.6. The minimum Gasteiger partial charge on any atom is -0.406 e. The predicted octanol–water partition coefficient (Wildman–Crippen LogP) is 3.01. The van der Waals surface area contributed by atoms with E-state index in [2.05, 4.69) is 27.0 Å². The van der Waals surface area contributed by atoms with E-state index in [1.54, 1.807) is 6.07 Å². The summed E-state index contributed by atoms with van der Waals surface area (Å²) in [6, 6.07) is 8.60. The van der Waals surface area contributed by atoms with Gasteiger partial charge in [0, 0.05) is 11.1 Å². The molecule has 10 heteroatoms. The van der Waals surface area contributed by atoms with Crippen LogP contribution in [0.5, 0.6) is 0 Å². The van der Waals surface area contributed by atoms with E-state index >= 15 is 0 Å². The molecule has 0 fully saturated rings. The van der Waals surface area contributed by atoms with Crippen molar-refractivity contribution in [3.63, 3.8) is 0 Å². The Morgan fingerprint density at radius 2 is 2.14 bits per heavy atom. The SMILES string of the molecule is Nc1nnc(CN(CC#Cc2ccncc2F)C(=O)CSc2ccccc2Cl)o1. The van der Waals surface area contributed by atoms with E-state index in [9.17, 15) is 9.18 Å². The van der Waals surface area contributed by atoms with Gasteiger partial charge in [0.2, 0.25) is 11.8 Å². The summed E-state index contributed by atoms with van der Waals surface area (Å²) >= 11 is 7.43. The fourth-order valence-corrected chi connectivity index (χ4v) is 3.37. The van der Waals surface area contributed by atoms with Crippen molar-refractivity contribution < 1.29 is 13.6 Å². The number of pyridine rings is 1. The summed E-state index contributed by atoms with van der Waals surface area (Å²) in [4.78, 5) is 18.6. The second-order valence-corrected chi connectivity index (χ2v) is 7.08. The number of halogens is 2. The number of amides is 1. The van der Waals surface area contributed by atoms with Crippen LogP contribution in [0.4, 0.5) is 10.4 Å². The Morgan fingerprint density at radius 1 is 1.31 bits per heavy atom. The van der Waals surface area contributed by atoms with E-state index in [1.165, 1.54) is 28.9 Å². The molecule has 1 amide bonds. The van der Waals surface area contributed by atoms with Crippen LogP contribution in [0.1, 0.15) is 11.5 Å². The van der Waals surface area contributed by atoms with Gasteiger partial charge in [0.05, 0.1) is 29.1 Å². The molecule has 0 saturated carbocycles. The summed E-state index contributed by atoms with van der Waals surface area (Å²) in [6.07, 6.45) is 2.52. The first kappa shape index (κ1) is 20.6. The number of carbonyl (C=O) groups is 1. The van der Waals surface area contributed by atoms with Gasteiger partial charge in [0.25, 0.3) is 0 Å². The molecule has 29 heavy (non-hydrogen) atoms. The van der Waals surface area contributed by atoms with E-state index < -0.39 is 5.82 Å². The average molecular weight is 432 g/mol. The molecule has 2 aromatic heterocycles. The lowest BCUT2D eigenvalue weighted by Crippen LogP contribution is -2.32. The van der Waals surface area contributed by atoms with Crippen LogP contribution < -0.4 is 5.73 Å². The number of nitrogen functional groups attached to an aromatic ring is 1. The van der Waals surface area contributed by atoms with Crippen LogP contribution in [0, 0.1) is 17.7 Å². The molecule has 2 N–H and O–H groups in total. The number of aromatic nitrogens is 3. The molecule has 0 bridgehead atoms. The minimum absolute atomic E-state index is 0.0274. The third-order valence-corrected chi connectivity index (χ3v) is 5.11. The van der Waals surface area contributed by atoms with Gasteiger partial charge in [-0.25, -0.2) is 4.39 Å². The summed E-state index contributed by atoms with van der Waals surface area (Å²) in [5.41, 5.74) is 5.63. The number of benzene rings is 1. The van der Waals surface area contributed by atoms with Gasteiger partial charge in [-0.2, -0.15) is 0 Å². The van der Waals surface area contributed by atoms with Gasteiger partial charge in [0.15, 0.2) is 5.82 Å². The molecule has 0 atom stereocenters. The molecule has 0 spiro atoms. The van der Waals surface area contributed by atoms with Crippen molar-refractivity contribution >= 4 is 35.3 Å². The number of thioether (sulfide) groups is 1. The van der Waals surface area contributed by atoms with Crippen LogP contribution >= 0.6 is 23.4 Å². The molecular formula is C19H15ClFN5O2S. The maximum atomic E-state index is 13.7. The highest BCUT2D eigenvalue weighted by Crippen LogP contribution is 2.26. The third kappa shape index (κ3) is 5.94. The maximum Gasteiger partial charge on any atom is 0.312 e. The van der Waals surface area contributed by atoms with Gasteiger partial charge in [-0.3, -0.25) is 9.78 Å². The Kier molecular flexibility index (Phi) is 7.05. The van der Waals surface area contributed by atoms with Crippen LogP contribution in [-0.2, 0) is 11.3 Å². The van der Waals surface area contributed by atoms with Crippen LogP contribution in [0.25, 0.3) is 0 Å². The molecule has 0 aliphatic heterocycles. The van der Waals surface area contributed by atoms with E-state index in [0.29, 0.717) is 5.02 Å². The summed E-state index contributed by atoms with van der Waals surface area (Å²) in [7, 11) is 0. The fourth-order valence-electron chi connectivity index (χ4n) is 2.23. The van der Waals surface area contributed by atoms with Crippen molar-refractivity contribution in [2.24, 2.45) is 0 Å². The van der Waals surface area contributed by atoms with Crippen LogP contribution in [0.3, 0.4) is 0 Å². The number of carbonyl (C=O) groups excluding carboxylic acids is 1. The second-order valence-electron chi connectivity index (χ2n) is 5.66. The molecule has 7 nitrogen and oxygen atoms in total. The van der Waals surface area contributed by atoms with Gasteiger partial charge in [-0.15, -0.1) is 16.9 Å². The number of anilines is 1. The zero-order valence-corrected chi connectivity index (χ0v) is 16.6. The maximum absolute atomic E-state index is 13.7. The quantitative estimate of drug-likeness (QED) is 0.473. The zero-order valence-electron chi connectivity index (χ0n) is 15.0. The van der Waals surface area contributed by atoms with Crippen molar-refractivity contribution in [3.05, 3.63) is 65.0 Å². The highest BCUT2D eigenvalue weighted by Gasteiger charge is 2.17. The van der Waals surface area contributed by atoms with E-state index in [0.717, 1.165) is 11.1 Å². The predicted molar refractivity (Wildman–Crippen MR) is 107 cm³/mol. The first-order chi connectivity index (χ1) is 14.0. The van der Waals surface area contributed by atoms with Gasteiger partial charge in [-0.1, -0.05) is 40.7 Å². The number of rotatable bonds is 6. The Hall–Kier alpha value is -3.09. The first-order valence-electron chi connectivity index (χ1n) is 8.34. The fraction of sp³-hybridized carbons (Fsp3) is 0.158. The summed E-state index contributed by atoms with van der Waals surface area (Å²) < 4.78 is 18.8. The molecule has 3 aromatic rings. The van der Waals surface area contributed by atoms with Gasteiger partial charge in [-0.05, 0) is 18.2 Å². The molecule has 0 unspecified atom stereocenters. The van der Waals surface area contributed by atoms with E-state index in [4.69, 9.17) is 21.8 Å². The van der Waals surface area contributed by atoms with Crippen molar-refractivity contribution in [2.45, 2.75) is 11.4 Å². The van der Waals surface area contributed by atoms with Gasteiger partial charge >= 0.3 is 6.01 Å². The number of hydrogen-bond acceptors (Lipinski definition) is 7. The van der Waals surface area contributed by atoms with Crippen molar-refractivity contribution in [2.75, 3.05) is 18.0 Å². The summed E-state index contributed by atoms with van der Waals surface area (Å²) in [5, 5.41) is 7.92. The highest BCUT2D eigenvalue weighted by atomic mass is 35.5. The normalized spacial score (nSPS) is 10.3. The Balaban J connectivity index is 1.71. The summed E-state index contributed by atoms with van der Waals surface area (Å²) in [6.45, 7) is 0.0611. The average Bonchev–Trinajstić information content (AvgIpc) is 3.12. The molecule has 1 aromatic carbocycles. The standard InChI is InChI=1S/C19H15ClFN5O2S/c20-14-5-1-2-6-16(14)29-12-18(27)26(11-17-24-25-19(22)28-17)9-3-4-13-7-8-23-10-15(13)21/h1-2,5-8,10H,9,11-12H2,(H2,22,25). The monoisotopic (exact) mass is 431 g/mol. The highest BCUT2D eigenvalue weighted by molar-refractivity contribution is 8.00. The molecule has 0 aliphatic carbocycles. The largest absolute Gasteiger partial charge is 0.406 e. The van der Waals surface area contributed by atoms with Crippen molar-refractivity contribution in [3.8, 4) is 11.8 Å². The van der Waals surface area contributed by atoms with Crippen molar-refractivity contribution in [1.82, 2.24) is 20.1 Å². The molecular weight excluding hydrogens is 417 g/mol. The summed E-state index contributed by atoms with van der Waals surface area (Å²) in [5.74, 6) is 5.03. The molecule has 148 valence electrons. The number of nitrogens with zero attached hydrogens (tertiary/aromatic N) is 4. The van der Waals surface area contributed by atoms with Gasteiger partial charge < -0.3 is 15.1 Å². The Labute approximate surface area is 175 Å². The number of hydrogen-bond donors (Lipinski definition) is 1. The van der Waals surface area contributed by atoms with E-state index in [-0.39, 0.29) is 42.2 Å². The van der Waals surface area contributed by atoms with Gasteiger partial charge in [0.1, 0.15) is 6.54 Å². The smallest absolute Gasteiger partial charge is 0.312 e. The first-order valence-corrected chi connectivity index (χ1v) is 9.70. The molecule has 3 rings (SSSR count). The lowest BCUT2D eigenvalue weighted by atomic mass is 10.2. The van der Waals surface area contributed by atoms with Crippen LogP contribution in [0.15, 0.2) is 52.0 Å². The Bertz CT molecular complexity index is 1070. The van der Waals surface area contributed by atoms with Crippen LogP contribution in [0.2, 0.25) is 5.02 Å². The lowest BCUT2D eigenvalue weighted by molar-refractivity contribution is -0.128. The third-order valence-electron chi connectivity index (χ3n) is 3.61. The van der Waals surface area contributed by atoms with Crippen LogP contribution in [-0.4, -0.2) is 38.3 Å². The molecule has 0 radical (unpaired) electrons. The minimum atomic E-state index is -0.531. The molecule has 2 heterocycles.